The fourth-order valence-corrected chi connectivity index (χ4v) is 2.38. The molecule has 0 spiro atoms. The average Bonchev–Trinajstić information content (AvgIpc) is 2.41. The summed E-state index contributed by atoms with van der Waals surface area (Å²) in [6.07, 6.45) is 3.16. The van der Waals surface area contributed by atoms with E-state index in [1.54, 1.807) is 0 Å². The van der Waals surface area contributed by atoms with E-state index in [0.29, 0.717) is 12.6 Å². The molecule has 0 aromatic heterocycles. The van der Waals surface area contributed by atoms with Gasteiger partial charge in [0.2, 0.25) is 5.91 Å². The molecule has 104 valence electrons. The second kappa shape index (κ2) is 6.57. The van der Waals surface area contributed by atoms with Gasteiger partial charge in [-0.2, -0.15) is 0 Å². The number of amides is 1. The Morgan fingerprint density at radius 3 is 2.74 bits per heavy atom. The summed E-state index contributed by atoms with van der Waals surface area (Å²) in [6.45, 7) is 4.72. The minimum absolute atomic E-state index is 0.0516. The van der Waals surface area contributed by atoms with Crippen LogP contribution in [0.2, 0.25) is 0 Å². The van der Waals surface area contributed by atoms with E-state index in [4.69, 9.17) is 4.74 Å². The van der Waals surface area contributed by atoms with E-state index in [-0.39, 0.29) is 11.9 Å². The molecule has 19 heavy (non-hydrogen) atoms. The SMILES string of the molecule is CCOc1ccc(NC(=O)C2CCCC(C)N2)cc1. The highest BCUT2D eigenvalue weighted by atomic mass is 16.5. The molecule has 2 rings (SSSR count). The van der Waals surface area contributed by atoms with E-state index >= 15 is 0 Å². The molecule has 1 aromatic carbocycles. The maximum absolute atomic E-state index is 12.1. The number of hydrogen-bond donors (Lipinski definition) is 2. The lowest BCUT2D eigenvalue weighted by Crippen LogP contribution is -2.47. The molecule has 1 amide bonds. The van der Waals surface area contributed by atoms with Gasteiger partial charge in [0.05, 0.1) is 12.6 Å². The molecule has 0 radical (unpaired) electrons. The van der Waals surface area contributed by atoms with E-state index in [1.165, 1.54) is 0 Å². The molecular formula is C15H22N2O2. The van der Waals surface area contributed by atoms with Crippen LogP contribution in [-0.2, 0) is 4.79 Å². The van der Waals surface area contributed by atoms with Crippen LogP contribution in [-0.4, -0.2) is 24.6 Å². The van der Waals surface area contributed by atoms with E-state index in [2.05, 4.69) is 17.6 Å². The zero-order valence-electron chi connectivity index (χ0n) is 11.6. The number of benzene rings is 1. The molecule has 1 saturated heterocycles. The van der Waals surface area contributed by atoms with Gasteiger partial charge in [-0.1, -0.05) is 0 Å². The van der Waals surface area contributed by atoms with Crippen LogP contribution < -0.4 is 15.4 Å². The van der Waals surface area contributed by atoms with E-state index in [1.807, 2.05) is 31.2 Å². The molecule has 1 fully saturated rings. The minimum atomic E-state index is -0.0738. The largest absolute Gasteiger partial charge is 0.494 e. The Hall–Kier alpha value is -1.55. The van der Waals surface area contributed by atoms with Crippen molar-refractivity contribution in [3.05, 3.63) is 24.3 Å². The van der Waals surface area contributed by atoms with Crippen LogP contribution in [0.15, 0.2) is 24.3 Å². The Kier molecular flexibility index (Phi) is 4.80. The molecule has 1 aliphatic heterocycles. The first-order valence-corrected chi connectivity index (χ1v) is 6.99. The third-order valence-electron chi connectivity index (χ3n) is 3.36. The topological polar surface area (TPSA) is 50.4 Å². The summed E-state index contributed by atoms with van der Waals surface area (Å²) in [5, 5.41) is 6.28. The van der Waals surface area contributed by atoms with Crippen molar-refractivity contribution in [3.63, 3.8) is 0 Å². The molecule has 1 heterocycles. The Bertz CT molecular complexity index is 417. The number of rotatable bonds is 4. The van der Waals surface area contributed by atoms with Crippen molar-refractivity contribution in [2.45, 2.75) is 45.2 Å². The smallest absolute Gasteiger partial charge is 0.241 e. The van der Waals surface area contributed by atoms with Crippen LogP contribution in [0.25, 0.3) is 0 Å². The normalized spacial score (nSPS) is 22.8. The number of carbonyl (C=O) groups is 1. The number of piperidine rings is 1. The number of nitrogens with one attached hydrogen (secondary N) is 2. The molecule has 2 N–H and O–H groups in total. The fraction of sp³-hybridized carbons (Fsp3) is 0.533. The maximum atomic E-state index is 12.1. The lowest BCUT2D eigenvalue weighted by atomic mass is 9.99. The van der Waals surface area contributed by atoms with Crippen molar-refractivity contribution in [2.75, 3.05) is 11.9 Å². The summed E-state index contributed by atoms with van der Waals surface area (Å²) in [5.74, 6) is 0.876. The molecule has 4 heteroatoms. The Labute approximate surface area is 114 Å². The van der Waals surface area contributed by atoms with E-state index in [0.717, 1.165) is 30.7 Å². The standard InChI is InChI=1S/C15H22N2O2/c1-3-19-13-9-7-12(8-10-13)17-15(18)14-6-4-5-11(2)16-14/h7-11,14,16H,3-6H2,1-2H3,(H,17,18). The molecule has 0 aliphatic carbocycles. The fourth-order valence-electron chi connectivity index (χ4n) is 2.38. The highest BCUT2D eigenvalue weighted by Crippen LogP contribution is 2.17. The van der Waals surface area contributed by atoms with Crippen molar-refractivity contribution in [1.29, 1.82) is 0 Å². The molecule has 1 aliphatic rings. The molecule has 2 unspecified atom stereocenters. The van der Waals surface area contributed by atoms with Crippen molar-refractivity contribution >= 4 is 11.6 Å². The monoisotopic (exact) mass is 262 g/mol. The van der Waals surface area contributed by atoms with Crippen LogP contribution in [0.3, 0.4) is 0 Å². The second-order valence-electron chi connectivity index (χ2n) is 5.00. The number of anilines is 1. The quantitative estimate of drug-likeness (QED) is 0.876. The zero-order valence-corrected chi connectivity index (χ0v) is 11.6. The highest BCUT2D eigenvalue weighted by molar-refractivity contribution is 5.94. The average molecular weight is 262 g/mol. The third-order valence-corrected chi connectivity index (χ3v) is 3.36. The first-order chi connectivity index (χ1) is 9.19. The lowest BCUT2D eigenvalue weighted by molar-refractivity contribution is -0.118. The molecule has 1 aromatic rings. The van der Waals surface area contributed by atoms with Crippen LogP contribution in [0, 0.1) is 0 Å². The van der Waals surface area contributed by atoms with Gasteiger partial charge < -0.3 is 15.4 Å². The number of carbonyl (C=O) groups excluding carboxylic acids is 1. The molecule has 0 saturated carbocycles. The predicted octanol–water partition coefficient (Wildman–Crippen LogP) is 2.55. The van der Waals surface area contributed by atoms with Crippen LogP contribution in [0.1, 0.15) is 33.1 Å². The summed E-state index contributed by atoms with van der Waals surface area (Å²) in [4.78, 5) is 12.1. The predicted molar refractivity (Wildman–Crippen MR) is 76.5 cm³/mol. The Morgan fingerprint density at radius 2 is 2.11 bits per heavy atom. The third kappa shape index (κ3) is 3.96. The zero-order chi connectivity index (χ0) is 13.7. The van der Waals surface area contributed by atoms with Gasteiger partial charge >= 0.3 is 0 Å². The van der Waals surface area contributed by atoms with Crippen molar-refractivity contribution in [3.8, 4) is 5.75 Å². The van der Waals surface area contributed by atoms with Crippen LogP contribution in [0.5, 0.6) is 5.75 Å². The Morgan fingerprint density at radius 1 is 1.37 bits per heavy atom. The first-order valence-electron chi connectivity index (χ1n) is 6.99. The van der Waals surface area contributed by atoms with Gasteiger partial charge in [0.25, 0.3) is 0 Å². The van der Waals surface area contributed by atoms with E-state index < -0.39 is 0 Å². The van der Waals surface area contributed by atoms with Crippen molar-refractivity contribution < 1.29 is 9.53 Å². The van der Waals surface area contributed by atoms with Gasteiger partial charge in [0, 0.05) is 11.7 Å². The summed E-state index contributed by atoms with van der Waals surface area (Å²) < 4.78 is 5.37. The molecule has 4 nitrogen and oxygen atoms in total. The van der Waals surface area contributed by atoms with Gasteiger partial charge in [-0.3, -0.25) is 4.79 Å². The van der Waals surface area contributed by atoms with Gasteiger partial charge in [0.1, 0.15) is 5.75 Å². The van der Waals surface area contributed by atoms with Crippen molar-refractivity contribution in [1.82, 2.24) is 5.32 Å². The maximum Gasteiger partial charge on any atom is 0.241 e. The Balaban J connectivity index is 1.90. The van der Waals surface area contributed by atoms with Crippen molar-refractivity contribution in [2.24, 2.45) is 0 Å². The molecule has 2 atom stereocenters. The molecular weight excluding hydrogens is 240 g/mol. The number of hydrogen-bond acceptors (Lipinski definition) is 3. The van der Waals surface area contributed by atoms with Gasteiger partial charge in [-0.05, 0) is 57.4 Å². The number of ether oxygens (including phenoxy) is 1. The van der Waals surface area contributed by atoms with Gasteiger partial charge in [0.15, 0.2) is 0 Å². The summed E-state index contributed by atoms with van der Waals surface area (Å²) in [6, 6.07) is 7.83. The molecule has 0 bridgehead atoms. The van der Waals surface area contributed by atoms with Crippen LogP contribution >= 0.6 is 0 Å². The highest BCUT2D eigenvalue weighted by Gasteiger charge is 2.23. The summed E-state index contributed by atoms with van der Waals surface area (Å²) >= 11 is 0. The van der Waals surface area contributed by atoms with E-state index in [9.17, 15) is 4.79 Å². The minimum Gasteiger partial charge on any atom is -0.494 e. The summed E-state index contributed by atoms with van der Waals surface area (Å²) in [5.41, 5.74) is 0.813. The van der Waals surface area contributed by atoms with Crippen LogP contribution in [0.4, 0.5) is 5.69 Å². The van der Waals surface area contributed by atoms with Gasteiger partial charge in [-0.25, -0.2) is 0 Å². The summed E-state index contributed by atoms with van der Waals surface area (Å²) in [7, 11) is 0. The van der Waals surface area contributed by atoms with Gasteiger partial charge in [-0.15, -0.1) is 0 Å². The lowest BCUT2D eigenvalue weighted by Gasteiger charge is -2.27. The second-order valence-corrected chi connectivity index (χ2v) is 5.00. The first kappa shape index (κ1) is 13.9.